The maximum atomic E-state index is 15.6. The smallest absolute Gasteiger partial charge is 0.223 e. The highest BCUT2D eigenvalue weighted by Gasteiger charge is 2.46. The van der Waals surface area contributed by atoms with Crippen LogP contribution >= 0.6 is 0 Å². The third-order valence-electron chi connectivity index (χ3n) is 12.7. The van der Waals surface area contributed by atoms with Gasteiger partial charge in [-0.05, 0) is 83.3 Å². The maximum absolute atomic E-state index is 15.6. The minimum absolute atomic E-state index is 0.00335. The fourth-order valence-electron chi connectivity index (χ4n) is 9.56. The summed E-state index contributed by atoms with van der Waals surface area (Å²) in [5, 5.41) is 25.0. The molecule has 5 N–H and O–H groups in total. The minimum atomic E-state index is -0.929. The number of piperidine rings is 4. The average Bonchev–Trinajstić information content (AvgIpc) is 3.52. The number of carbonyl (C=O) groups is 2. The monoisotopic (exact) mass is 693 g/mol. The summed E-state index contributed by atoms with van der Waals surface area (Å²) in [5.41, 5.74) is 0. The Morgan fingerprint density at radius 1 is 1.02 bits per heavy atom. The second kappa shape index (κ2) is 17.4. The first-order valence-electron chi connectivity index (χ1n) is 19.4. The molecule has 0 spiro atoms. The van der Waals surface area contributed by atoms with E-state index >= 15 is 4.39 Å². The molecule has 0 aromatic rings. The minimum Gasteiger partial charge on any atom is -0.390 e. The molecule has 10 unspecified atom stereocenters. The molecule has 5 heterocycles. The Morgan fingerprint density at radius 2 is 1.80 bits per heavy atom. The summed E-state index contributed by atoms with van der Waals surface area (Å²) in [7, 11) is 0. The molecule has 11 atom stereocenters. The van der Waals surface area contributed by atoms with Crippen LogP contribution < -0.4 is 21.3 Å². The lowest BCUT2D eigenvalue weighted by Crippen LogP contribution is -2.63. The van der Waals surface area contributed by atoms with Crippen LogP contribution in [0.1, 0.15) is 78.6 Å². The van der Waals surface area contributed by atoms with Crippen molar-refractivity contribution in [3.05, 3.63) is 0 Å². The lowest BCUT2D eigenvalue weighted by Gasteiger charge is -2.49. The van der Waals surface area contributed by atoms with E-state index in [9.17, 15) is 14.7 Å². The van der Waals surface area contributed by atoms with Crippen LogP contribution in [0.25, 0.3) is 0 Å². The van der Waals surface area contributed by atoms with Gasteiger partial charge in [0.05, 0.1) is 44.0 Å². The van der Waals surface area contributed by atoms with Crippen LogP contribution in [-0.2, 0) is 19.1 Å². The number of amides is 2. The standard InChI is InChI=1S/C36H64FN7O5/c1-23-29-9-12-42(20-30(29)31(37)17-32(23)48-21-33-24(2)39-22-49-33)19-28(46)18-38-36(47)26-15-34(40-27-7-13-43(14-8-27)25(3)45)41-35(16-26)44-10-5-4-6-11-44/h23-24,26-35,39-41,46H,4-22H2,1-3H3,(H,38,47)/t23?,24?,26?,28-,29?,30?,31?,32?,33?,34?,35?/m0/s1. The van der Waals surface area contributed by atoms with Crippen LogP contribution in [0.2, 0.25) is 0 Å². The number of halogens is 1. The molecule has 5 saturated heterocycles. The molecular formula is C36H64FN7O5. The number of alkyl halides is 1. The highest BCUT2D eigenvalue weighted by atomic mass is 19.1. The summed E-state index contributed by atoms with van der Waals surface area (Å²) < 4.78 is 27.5. The number of rotatable bonds is 11. The van der Waals surface area contributed by atoms with E-state index in [0.29, 0.717) is 45.3 Å². The van der Waals surface area contributed by atoms with Gasteiger partial charge in [-0.25, -0.2) is 4.39 Å². The zero-order chi connectivity index (χ0) is 34.5. The van der Waals surface area contributed by atoms with Crippen LogP contribution in [0, 0.1) is 23.7 Å². The highest BCUT2D eigenvalue weighted by Crippen LogP contribution is 2.43. The molecule has 1 saturated carbocycles. The van der Waals surface area contributed by atoms with E-state index in [2.05, 4.69) is 44.9 Å². The van der Waals surface area contributed by atoms with E-state index in [1.807, 2.05) is 4.90 Å². The number of likely N-dealkylation sites (tertiary alicyclic amines) is 3. The number of hydrogen-bond acceptors (Lipinski definition) is 10. The van der Waals surface area contributed by atoms with Crippen molar-refractivity contribution < 1.29 is 28.6 Å². The van der Waals surface area contributed by atoms with E-state index in [1.165, 1.54) is 19.3 Å². The predicted molar refractivity (Wildman–Crippen MR) is 185 cm³/mol. The third kappa shape index (κ3) is 9.71. The number of nitrogens with zero attached hydrogens (tertiary/aromatic N) is 3. The third-order valence-corrected chi connectivity index (χ3v) is 12.7. The van der Waals surface area contributed by atoms with E-state index in [4.69, 9.17) is 9.47 Å². The molecule has 5 aliphatic heterocycles. The van der Waals surface area contributed by atoms with Gasteiger partial charge in [-0.2, -0.15) is 0 Å². The lowest BCUT2D eigenvalue weighted by molar-refractivity contribution is -0.130. The van der Waals surface area contributed by atoms with Gasteiger partial charge in [0.25, 0.3) is 0 Å². The second-order valence-corrected chi connectivity index (χ2v) is 16.0. The number of carbonyl (C=O) groups excluding carboxylic acids is 2. The summed E-state index contributed by atoms with van der Waals surface area (Å²) in [6, 6.07) is 0.552. The number of aliphatic hydroxyl groups is 1. The predicted octanol–water partition coefficient (Wildman–Crippen LogP) is 1.24. The molecule has 12 nitrogen and oxygen atoms in total. The molecule has 13 heteroatoms. The Kier molecular flexibility index (Phi) is 13.2. The Labute approximate surface area is 292 Å². The first kappa shape index (κ1) is 37.3. The second-order valence-electron chi connectivity index (χ2n) is 16.0. The number of ether oxygens (including phenoxy) is 2. The van der Waals surface area contributed by atoms with Crippen molar-refractivity contribution >= 4 is 11.8 Å². The SMILES string of the molecule is CC(=O)N1CCC(NC2CC(C(=O)NC[C@H](O)CN3CCC4C(C)C(OCC5OCNC5C)CC(F)C4C3)CC(N3CCCCC3)N2)CC1. The fraction of sp³-hybridized carbons (Fsp3) is 0.944. The summed E-state index contributed by atoms with van der Waals surface area (Å²) in [4.78, 5) is 32.0. The zero-order valence-electron chi connectivity index (χ0n) is 30.2. The topological polar surface area (TPSA) is 131 Å². The average molecular weight is 694 g/mol. The summed E-state index contributed by atoms with van der Waals surface area (Å²) >= 11 is 0. The first-order valence-corrected chi connectivity index (χ1v) is 19.4. The fourth-order valence-corrected chi connectivity index (χ4v) is 9.56. The zero-order valence-corrected chi connectivity index (χ0v) is 30.2. The molecule has 49 heavy (non-hydrogen) atoms. The number of hydrogen-bond donors (Lipinski definition) is 5. The van der Waals surface area contributed by atoms with E-state index < -0.39 is 12.3 Å². The highest BCUT2D eigenvalue weighted by molar-refractivity contribution is 5.78. The van der Waals surface area contributed by atoms with E-state index in [-0.39, 0.29) is 72.6 Å². The summed E-state index contributed by atoms with van der Waals surface area (Å²) in [6.45, 7) is 12.7. The molecule has 6 aliphatic rings. The molecule has 0 aromatic heterocycles. The molecule has 0 bridgehead atoms. The molecule has 6 rings (SSSR count). The van der Waals surface area contributed by atoms with Crippen molar-refractivity contribution in [1.29, 1.82) is 0 Å². The van der Waals surface area contributed by atoms with Crippen LogP contribution in [0.15, 0.2) is 0 Å². The Hall–Kier alpha value is -1.45. The number of fused-ring (bicyclic) bond motifs is 1. The van der Waals surface area contributed by atoms with Crippen molar-refractivity contribution in [2.75, 3.05) is 65.7 Å². The summed E-state index contributed by atoms with van der Waals surface area (Å²) in [5.74, 6) is 0.460. The van der Waals surface area contributed by atoms with Crippen molar-refractivity contribution in [2.45, 2.75) is 127 Å². The van der Waals surface area contributed by atoms with Gasteiger partial charge in [0.2, 0.25) is 11.8 Å². The van der Waals surface area contributed by atoms with Crippen LogP contribution in [-0.4, -0.2) is 146 Å². The number of β-amino-alcohol motifs (C(OH)–C–C–N with tert-alkyl or cyclic N) is 1. The molecule has 0 radical (unpaired) electrons. The van der Waals surface area contributed by atoms with Crippen LogP contribution in [0.5, 0.6) is 0 Å². The van der Waals surface area contributed by atoms with Gasteiger partial charge in [0, 0.05) is 70.0 Å². The normalized spacial score (nSPS) is 39.0. The summed E-state index contributed by atoms with van der Waals surface area (Å²) in [6.07, 6.45) is 6.63. The van der Waals surface area contributed by atoms with Gasteiger partial charge in [-0.15, -0.1) is 0 Å². The van der Waals surface area contributed by atoms with Gasteiger partial charge >= 0.3 is 0 Å². The molecule has 1 aliphatic carbocycles. The quantitative estimate of drug-likeness (QED) is 0.216. The van der Waals surface area contributed by atoms with Crippen molar-refractivity contribution in [3.8, 4) is 0 Å². The van der Waals surface area contributed by atoms with Gasteiger partial charge in [-0.1, -0.05) is 13.3 Å². The molecule has 6 fully saturated rings. The maximum Gasteiger partial charge on any atom is 0.223 e. The molecule has 280 valence electrons. The van der Waals surface area contributed by atoms with Gasteiger partial charge < -0.3 is 29.7 Å². The largest absolute Gasteiger partial charge is 0.390 e. The Morgan fingerprint density at radius 3 is 2.51 bits per heavy atom. The lowest BCUT2D eigenvalue weighted by atomic mass is 9.67. The van der Waals surface area contributed by atoms with Gasteiger partial charge in [0.15, 0.2) is 0 Å². The van der Waals surface area contributed by atoms with Crippen LogP contribution in [0.4, 0.5) is 4.39 Å². The van der Waals surface area contributed by atoms with Crippen molar-refractivity contribution in [3.63, 3.8) is 0 Å². The number of nitrogens with one attached hydrogen (secondary N) is 4. The molecule has 2 amide bonds. The van der Waals surface area contributed by atoms with Crippen molar-refractivity contribution in [2.24, 2.45) is 23.7 Å². The first-order chi connectivity index (χ1) is 23.6. The molecular weight excluding hydrogens is 629 g/mol. The number of aliphatic hydroxyl groups excluding tert-OH is 1. The molecule has 0 aromatic carbocycles. The van der Waals surface area contributed by atoms with E-state index in [0.717, 1.165) is 58.4 Å². The van der Waals surface area contributed by atoms with Gasteiger partial charge in [0.1, 0.15) is 6.17 Å². The van der Waals surface area contributed by atoms with E-state index in [1.54, 1.807) is 6.92 Å². The van der Waals surface area contributed by atoms with Crippen molar-refractivity contribution in [1.82, 2.24) is 36.0 Å². The van der Waals surface area contributed by atoms with Crippen LogP contribution in [0.3, 0.4) is 0 Å². The van der Waals surface area contributed by atoms with Gasteiger partial charge in [-0.3, -0.25) is 30.4 Å². The Bertz CT molecular complexity index is 1080. The Balaban J connectivity index is 0.958.